The van der Waals surface area contributed by atoms with Gasteiger partial charge in [-0.25, -0.2) is 4.99 Å². The van der Waals surface area contributed by atoms with Crippen molar-refractivity contribution in [1.29, 1.82) is 0 Å². The number of ether oxygens (including phenoxy) is 2. The number of Topliss-reactive ketones (excluding diaryl/α,β-unsaturated/α-hetero) is 1. The van der Waals surface area contributed by atoms with Gasteiger partial charge in [0, 0.05) is 18.9 Å². The van der Waals surface area contributed by atoms with E-state index in [1.165, 1.54) is 25.4 Å². The van der Waals surface area contributed by atoms with Crippen molar-refractivity contribution < 1.29 is 32.0 Å². The van der Waals surface area contributed by atoms with E-state index in [0.29, 0.717) is 11.4 Å². The Kier molecular flexibility index (Phi) is 5.51. The fourth-order valence-electron chi connectivity index (χ4n) is 3.01. The van der Waals surface area contributed by atoms with Gasteiger partial charge in [-0.15, -0.1) is 0 Å². The summed E-state index contributed by atoms with van der Waals surface area (Å²) >= 11 is 0. The molecule has 1 aliphatic heterocycles. The van der Waals surface area contributed by atoms with E-state index in [4.69, 9.17) is 9.47 Å². The number of benzene rings is 1. The number of aromatic nitrogens is 3. The van der Waals surface area contributed by atoms with Crippen molar-refractivity contribution >= 4 is 17.4 Å². The third-order valence-corrected chi connectivity index (χ3v) is 4.50. The lowest BCUT2D eigenvalue weighted by molar-refractivity contribution is -0.159. The second-order valence-corrected chi connectivity index (χ2v) is 6.60. The van der Waals surface area contributed by atoms with Crippen molar-refractivity contribution in [2.45, 2.75) is 18.7 Å². The van der Waals surface area contributed by atoms with Gasteiger partial charge in [0.05, 0.1) is 23.9 Å². The van der Waals surface area contributed by atoms with Crippen molar-refractivity contribution in [3.8, 4) is 11.4 Å². The maximum Gasteiger partial charge on any atom is 0.471 e. The SMILES string of the molecule is COCC1C(=O)C(OCc2ccc(-c3noc(C(F)(F)F)n3)cn2)=Nc2ccccc21. The van der Waals surface area contributed by atoms with Crippen molar-refractivity contribution in [3.63, 3.8) is 0 Å². The normalized spacial score (nSPS) is 16.1. The number of fused-ring (bicyclic) bond motifs is 1. The standard InChI is InChI=1S/C20H15F3N4O4/c1-29-10-14-13-4-2-3-5-15(13)25-18(16(14)28)30-9-12-7-6-11(8-24-12)17-26-19(31-27-17)20(21,22)23/h2-8,14H,9-10H2,1H3. The number of carbonyl (C=O) groups is 1. The molecular formula is C20H15F3N4O4. The van der Waals surface area contributed by atoms with Crippen molar-refractivity contribution in [2.24, 2.45) is 4.99 Å². The number of nitrogens with zero attached hydrogens (tertiary/aromatic N) is 4. The van der Waals surface area contributed by atoms with E-state index in [-0.39, 0.29) is 36.3 Å². The molecule has 0 fully saturated rings. The highest BCUT2D eigenvalue weighted by Crippen LogP contribution is 2.33. The van der Waals surface area contributed by atoms with Crippen molar-refractivity contribution in [2.75, 3.05) is 13.7 Å². The molecule has 11 heteroatoms. The van der Waals surface area contributed by atoms with Crippen LogP contribution < -0.4 is 0 Å². The van der Waals surface area contributed by atoms with Crippen LogP contribution in [0.2, 0.25) is 0 Å². The first kappa shape index (κ1) is 20.7. The number of pyridine rings is 1. The number of hydrogen-bond acceptors (Lipinski definition) is 8. The van der Waals surface area contributed by atoms with E-state index in [1.807, 2.05) is 18.2 Å². The Balaban J connectivity index is 1.47. The van der Waals surface area contributed by atoms with E-state index >= 15 is 0 Å². The molecule has 0 saturated heterocycles. The van der Waals surface area contributed by atoms with Gasteiger partial charge in [0.25, 0.3) is 5.90 Å². The minimum Gasteiger partial charge on any atom is -0.469 e. The van der Waals surface area contributed by atoms with Crippen LogP contribution in [0.15, 0.2) is 52.1 Å². The maximum absolute atomic E-state index is 12.7. The van der Waals surface area contributed by atoms with Gasteiger partial charge >= 0.3 is 12.1 Å². The lowest BCUT2D eigenvalue weighted by Gasteiger charge is -2.22. The first-order chi connectivity index (χ1) is 14.9. The monoisotopic (exact) mass is 432 g/mol. The molecule has 0 radical (unpaired) electrons. The molecule has 1 aliphatic rings. The fourth-order valence-corrected chi connectivity index (χ4v) is 3.01. The molecule has 2 aromatic heterocycles. The van der Waals surface area contributed by atoms with Gasteiger partial charge in [0.15, 0.2) is 0 Å². The van der Waals surface area contributed by atoms with E-state index in [2.05, 4.69) is 24.6 Å². The predicted molar refractivity (Wildman–Crippen MR) is 100 cm³/mol. The van der Waals surface area contributed by atoms with Crippen LogP contribution in [0.5, 0.6) is 0 Å². The van der Waals surface area contributed by atoms with E-state index < -0.39 is 18.0 Å². The zero-order valence-corrected chi connectivity index (χ0v) is 16.1. The Morgan fingerprint density at radius 2 is 1.97 bits per heavy atom. The molecule has 0 spiro atoms. The maximum atomic E-state index is 12.7. The van der Waals surface area contributed by atoms with Gasteiger partial charge in [-0.3, -0.25) is 9.78 Å². The number of alkyl halides is 3. The molecule has 1 unspecified atom stereocenters. The molecule has 31 heavy (non-hydrogen) atoms. The van der Waals surface area contributed by atoms with E-state index in [0.717, 1.165) is 5.56 Å². The van der Waals surface area contributed by atoms with Crippen LogP contribution in [-0.2, 0) is 27.1 Å². The molecule has 3 aromatic rings. The third-order valence-electron chi connectivity index (χ3n) is 4.50. The fraction of sp³-hybridized carbons (Fsp3) is 0.250. The molecule has 0 aliphatic carbocycles. The molecule has 4 rings (SSSR count). The average Bonchev–Trinajstić information content (AvgIpc) is 3.26. The summed E-state index contributed by atoms with van der Waals surface area (Å²) in [6.07, 6.45) is -3.43. The molecular weight excluding hydrogens is 417 g/mol. The Hall–Kier alpha value is -3.60. The lowest BCUT2D eigenvalue weighted by atomic mass is 9.91. The first-order valence-corrected chi connectivity index (χ1v) is 9.06. The number of aliphatic imine (C=N–C) groups is 1. The summed E-state index contributed by atoms with van der Waals surface area (Å²) in [5.41, 5.74) is 2.06. The highest BCUT2D eigenvalue weighted by Gasteiger charge is 2.38. The second-order valence-electron chi connectivity index (χ2n) is 6.60. The summed E-state index contributed by atoms with van der Waals surface area (Å²) in [6.45, 7) is 0.128. The number of rotatable bonds is 5. The molecule has 3 heterocycles. The van der Waals surface area contributed by atoms with Crippen molar-refractivity contribution in [3.05, 3.63) is 59.7 Å². The van der Waals surface area contributed by atoms with Crippen LogP contribution >= 0.6 is 0 Å². The molecule has 8 nitrogen and oxygen atoms in total. The number of ketones is 1. The topological polar surface area (TPSA) is 99.7 Å². The Bertz CT molecular complexity index is 1130. The largest absolute Gasteiger partial charge is 0.471 e. The molecule has 1 atom stereocenters. The number of carbonyl (C=O) groups excluding carboxylic acids is 1. The zero-order chi connectivity index (χ0) is 22.0. The van der Waals surface area contributed by atoms with Gasteiger partial charge in [-0.2, -0.15) is 18.2 Å². The van der Waals surface area contributed by atoms with E-state index in [1.54, 1.807) is 6.07 Å². The van der Waals surface area contributed by atoms with Gasteiger partial charge < -0.3 is 14.0 Å². The molecule has 0 bridgehead atoms. The van der Waals surface area contributed by atoms with E-state index in [9.17, 15) is 18.0 Å². The molecule has 0 N–H and O–H groups in total. The molecule has 0 saturated carbocycles. The van der Waals surface area contributed by atoms with Crippen LogP contribution in [0.25, 0.3) is 11.4 Å². The third kappa shape index (κ3) is 4.31. The van der Waals surface area contributed by atoms with Gasteiger partial charge in [-0.05, 0) is 23.8 Å². The molecule has 0 amide bonds. The average molecular weight is 432 g/mol. The quantitative estimate of drug-likeness (QED) is 0.606. The molecule has 1 aromatic carbocycles. The highest BCUT2D eigenvalue weighted by atomic mass is 19.4. The summed E-state index contributed by atoms with van der Waals surface area (Å²) in [4.78, 5) is 24.5. The van der Waals surface area contributed by atoms with Crippen molar-refractivity contribution in [1.82, 2.24) is 15.1 Å². The summed E-state index contributed by atoms with van der Waals surface area (Å²) in [5.74, 6) is -2.55. The number of hydrogen-bond donors (Lipinski definition) is 0. The van der Waals surface area contributed by atoms with Crippen LogP contribution in [0, 0.1) is 0 Å². The zero-order valence-electron chi connectivity index (χ0n) is 16.1. The number of para-hydroxylation sites is 1. The van der Waals surface area contributed by atoms with Crippen LogP contribution in [0.4, 0.5) is 18.9 Å². The van der Waals surface area contributed by atoms with Crippen LogP contribution in [0.1, 0.15) is 23.1 Å². The Morgan fingerprint density at radius 3 is 2.65 bits per heavy atom. The highest BCUT2D eigenvalue weighted by molar-refractivity contribution is 6.40. The Morgan fingerprint density at radius 1 is 1.16 bits per heavy atom. The summed E-state index contributed by atoms with van der Waals surface area (Å²) < 4.78 is 52.7. The van der Waals surface area contributed by atoms with Gasteiger partial charge in [-0.1, -0.05) is 23.4 Å². The Labute approximate surface area is 173 Å². The van der Waals surface area contributed by atoms with Crippen LogP contribution in [0.3, 0.4) is 0 Å². The predicted octanol–water partition coefficient (Wildman–Crippen LogP) is 3.71. The minimum atomic E-state index is -4.72. The van der Waals surface area contributed by atoms with Gasteiger partial charge in [0.2, 0.25) is 11.6 Å². The molecule has 160 valence electrons. The summed E-state index contributed by atoms with van der Waals surface area (Å²) in [5, 5.41) is 3.31. The second kappa shape index (κ2) is 8.26. The lowest BCUT2D eigenvalue weighted by Crippen LogP contribution is -2.30. The summed E-state index contributed by atoms with van der Waals surface area (Å²) in [7, 11) is 1.51. The summed E-state index contributed by atoms with van der Waals surface area (Å²) in [6, 6.07) is 10.2. The smallest absolute Gasteiger partial charge is 0.469 e. The minimum absolute atomic E-state index is 0.0559. The number of halogens is 3. The van der Waals surface area contributed by atoms with Gasteiger partial charge in [0.1, 0.15) is 6.61 Å². The first-order valence-electron chi connectivity index (χ1n) is 9.06. The van der Waals surface area contributed by atoms with Crippen LogP contribution in [-0.4, -0.2) is 40.5 Å². The number of methoxy groups -OCH3 is 1.